The zero-order valence-corrected chi connectivity index (χ0v) is 14.8. The summed E-state index contributed by atoms with van der Waals surface area (Å²) in [6.45, 7) is -0.212. The molecule has 0 aliphatic heterocycles. The van der Waals surface area contributed by atoms with Crippen molar-refractivity contribution in [1.82, 2.24) is 19.3 Å². The molecular formula is C18H15F4N5O2. The predicted molar refractivity (Wildman–Crippen MR) is 96.0 cm³/mol. The summed E-state index contributed by atoms with van der Waals surface area (Å²) < 4.78 is 53.9. The number of pyridine rings is 1. The van der Waals surface area contributed by atoms with Crippen LogP contribution in [-0.2, 0) is 12.7 Å². The largest absolute Gasteiger partial charge is 0.493 e. The van der Waals surface area contributed by atoms with Gasteiger partial charge < -0.3 is 10.8 Å². The number of benzene rings is 1. The number of rotatable bonds is 5. The Morgan fingerprint density at radius 2 is 2.00 bits per heavy atom. The van der Waals surface area contributed by atoms with Crippen LogP contribution in [0.5, 0.6) is 5.88 Å². The minimum atomic E-state index is -4.77. The van der Waals surface area contributed by atoms with Gasteiger partial charge in [-0.1, -0.05) is 12.1 Å². The molecule has 0 saturated heterocycles. The molecule has 2 heterocycles. The van der Waals surface area contributed by atoms with E-state index in [1.54, 1.807) is 12.1 Å². The molecule has 0 aliphatic carbocycles. The summed E-state index contributed by atoms with van der Waals surface area (Å²) in [4.78, 5) is 15.9. The van der Waals surface area contributed by atoms with E-state index >= 15 is 0 Å². The van der Waals surface area contributed by atoms with Crippen LogP contribution < -0.4 is 11.4 Å². The summed E-state index contributed by atoms with van der Waals surface area (Å²) in [5.41, 5.74) is 4.47. The standard InChI is InChI=1S/C18H15F4N5O2/c19-6-11(7-23)9-27-17(29)26(10-25-27)14-3-1-2-12(4-14)13-5-15(18(20,21)22)16(28)24-8-13/h1-6,8,10H,7,9,23H2,(H,24,28)/b11-6+. The van der Waals surface area contributed by atoms with Crippen molar-refractivity contribution in [3.05, 3.63) is 70.8 Å². The number of aromatic nitrogens is 4. The molecule has 3 rings (SSSR count). The lowest BCUT2D eigenvalue weighted by atomic mass is 10.0. The third-order valence-corrected chi connectivity index (χ3v) is 4.13. The molecule has 2 aromatic heterocycles. The first-order valence-corrected chi connectivity index (χ1v) is 8.24. The first-order chi connectivity index (χ1) is 13.7. The van der Waals surface area contributed by atoms with Crippen LogP contribution in [0, 0.1) is 0 Å². The molecule has 0 amide bonds. The third kappa shape index (κ3) is 4.19. The lowest BCUT2D eigenvalue weighted by molar-refractivity contribution is -0.139. The molecule has 152 valence electrons. The van der Waals surface area contributed by atoms with Gasteiger partial charge in [0, 0.05) is 18.3 Å². The summed E-state index contributed by atoms with van der Waals surface area (Å²) in [6, 6.07) is 6.88. The lowest BCUT2D eigenvalue weighted by Crippen LogP contribution is -2.25. The average Bonchev–Trinajstić information content (AvgIpc) is 3.06. The molecule has 0 radical (unpaired) electrons. The van der Waals surface area contributed by atoms with Crippen molar-refractivity contribution >= 4 is 0 Å². The molecule has 3 aromatic rings. The van der Waals surface area contributed by atoms with Crippen LogP contribution in [0.2, 0.25) is 0 Å². The van der Waals surface area contributed by atoms with Gasteiger partial charge in [-0.05, 0) is 29.3 Å². The molecule has 3 N–H and O–H groups in total. The zero-order chi connectivity index (χ0) is 21.2. The molecule has 0 atom stereocenters. The SMILES string of the molecule is NC/C(=C\F)Cn1ncn(-c2cccc(-c3cnc(O)c(C(F)(F)F)c3)c2)c1=O. The van der Waals surface area contributed by atoms with E-state index in [-0.39, 0.29) is 24.2 Å². The summed E-state index contributed by atoms with van der Waals surface area (Å²) in [7, 11) is 0. The number of alkyl halides is 3. The van der Waals surface area contributed by atoms with E-state index in [4.69, 9.17) is 5.73 Å². The number of hydrogen-bond acceptors (Lipinski definition) is 5. The quantitative estimate of drug-likeness (QED) is 0.632. The molecule has 29 heavy (non-hydrogen) atoms. The van der Waals surface area contributed by atoms with Crippen molar-refractivity contribution in [1.29, 1.82) is 0 Å². The number of aromatic hydroxyl groups is 1. The van der Waals surface area contributed by atoms with Crippen LogP contribution in [0.3, 0.4) is 0 Å². The summed E-state index contributed by atoms with van der Waals surface area (Å²) >= 11 is 0. The van der Waals surface area contributed by atoms with Gasteiger partial charge in [-0.3, -0.25) is 0 Å². The second-order valence-electron chi connectivity index (χ2n) is 6.06. The summed E-state index contributed by atoms with van der Waals surface area (Å²) in [6.07, 6.45) is -2.16. The van der Waals surface area contributed by atoms with E-state index in [1.807, 2.05) is 0 Å². The van der Waals surface area contributed by atoms with Gasteiger partial charge in [0.15, 0.2) is 0 Å². The van der Waals surface area contributed by atoms with Crippen molar-refractivity contribution in [2.45, 2.75) is 12.7 Å². The van der Waals surface area contributed by atoms with E-state index in [0.717, 1.165) is 21.5 Å². The molecule has 0 aliphatic rings. The van der Waals surface area contributed by atoms with Gasteiger partial charge in [-0.15, -0.1) is 0 Å². The van der Waals surface area contributed by atoms with Gasteiger partial charge >= 0.3 is 11.9 Å². The van der Waals surface area contributed by atoms with E-state index in [9.17, 15) is 27.5 Å². The molecule has 0 fully saturated rings. The maximum absolute atomic E-state index is 13.0. The number of halogens is 4. The molecule has 0 bridgehead atoms. The van der Waals surface area contributed by atoms with Crippen molar-refractivity contribution < 1.29 is 22.7 Å². The Kier molecular flexibility index (Phi) is 5.50. The van der Waals surface area contributed by atoms with Crippen molar-refractivity contribution in [2.75, 3.05) is 6.54 Å². The fraction of sp³-hybridized carbons (Fsp3) is 0.167. The van der Waals surface area contributed by atoms with Gasteiger partial charge in [0.05, 0.1) is 18.6 Å². The van der Waals surface area contributed by atoms with Crippen molar-refractivity contribution in [3.8, 4) is 22.7 Å². The maximum atomic E-state index is 13.0. The smallest absolute Gasteiger partial charge is 0.421 e. The molecule has 7 nitrogen and oxygen atoms in total. The molecular weight excluding hydrogens is 394 g/mol. The van der Waals surface area contributed by atoms with Crippen LogP contribution in [0.1, 0.15) is 5.56 Å². The zero-order valence-electron chi connectivity index (χ0n) is 14.8. The fourth-order valence-electron chi connectivity index (χ4n) is 2.62. The lowest BCUT2D eigenvalue weighted by Gasteiger charge is -2.11. The van der Waals surface area contributed by atoms with Crippen LogP contribution >= 0.6 is 0 Å². The fourth-order valence-corrected chi connectivity index (χ4v) is 2.62. The highest BCUT2D eigenvalue weighted by Gasteiger charge is 2.35. The first-order valence-electron chi connectivity index (χ1n) is 8.24. The van der Waals surface area contributed by atoms with E-state index in [0.29, 0.717) is 17.6 Å². The van der Waals surface area contributed by atoms with Crippen LogP contribution in [0.25, 0.3) is 16.8 Å². The van der Waals surface area contributed by atoms with E-state index in [2.05, 4.69) is 10.1 Å². The van der Waals surface area contributed by atoms with Gasteiger partial charge in [-0.2, -0.15) is 18.3 Å². The summed E-state index contributed by atoms with van der Waals surface area (Å²) in [5, 5.41) is 13.3. The maximum Gasteiger partial charge on any atom is 0.421 e. The Balaban J connectivity index is 2.00. The van der Waals surface area contributed by atoms with Gasteiger partial charge in [0.1, 0.15) is 11.9 Å². The molecule has 0 saturated carbocycles. The number of nitrogens with two attached hydrogens (primary N) is 1. The van der Waals surface area contributed by atoms with Crippen LogP contribution in [0.4, 0.5) is 17.6 Å². The highest BCUT2D eigenvalue weighted by molar-refractivity contribution is 5.66. The van der Waals surface area contributed by atoms with Crippen molar-refractivity contribution in [3.63, 3.8) is 0 Å². The van der Waals surface area contributed by atoms with E-state index in [1.165, 1.54) is 18.5 Å². The number of hydrogen-bond donors (Lipinski definition) is 2. The number of nitrogens with zero attached hydrogens (tertiary/aromatic N) is 4. The second-order valence-corrected chi connectivity index (χ2v) is 6.06. The molecule has 0 spiro atoms. The Bertz CT molecular complexity index is 1120. The monoisotopic (exact) mass is 409 g/mol. The topological polar surface area (TPSA) is 99.0 Å². The highest BCUT2D eigenvalue weighted by Crippen LogP contribution is 2.36. The third-order valence-electron chi connectivity index (χ3n) is 4.13. The average molecular weight is 409 g/mol. The molecule has 0 unspecified atom stereocenters. The minimum Gasteiger partial charge on any atom is -0.493 e. The van der Waals surface area contributed by atoms with Crippen LogP contribution in [-0.4, -0.2) is 31.0 Å². The summed E-state index contributed by atoms with van der Waals surface area (Å²) in [5.74, 6) is -1.12. The highest BCUT2D eigenvalue weighted by atomic mass is 19.4. The normalized spacial score (nSPS) is 12.4. The Morgan fingerprint density at radius 3 is 2.66 bits per heavy atom. The Hall–Kier alpha value is -3.47. The Morgan fingerprint density at radius 1 is 1.24 bits per heavy atom. The van der Waals surface area contributed by atoms with Gasteiger partial charge in [0.25, 0.3) is 0 Å². The Labute approximate surface area is 161 Å². The minimum absolute atomic E-state index is 0.0827. The van der Waals surface area contributed by atoms with Gasteiger partial charge in [0.2, 0.25) is 5.88 Å². The van der Waals surface area contributed by atoms with Gasteiger partial charge in [-0.25, -0.2) is 23.4 Å². The predicted octanol–water partition coefficient (Wildman–Crippen LogP) is 2.63. The van der Waals surface area contributed by atoms with Crippen LogP contribution in [0.15, 0.2) is 59.6 Å². The van der Waals surface area contributed by atoms with E-state index < -0.39 is 23.3 Å². The first kappa shape index (κ1) is 20.3. The molecule has 11 heteroatoms. The molecule has 1 aromatic carbocycles. The van der Waals surface area contributed by atoms with Crippen molar-refractivity contribution in [2.24, 2.45) is 5.73 Å². The second kappa shape index (κ2) is 7.87.